The molecule has 1 saturated carbocycles. The first-order valence-corrected chi connectivity index (χ1v) is 6.31. The van der Waals surface area contributed by atoms with E-state index in [0.717, 1.165) is 19.3 Å². The lowest BCUT2D eigenvalue weighted by molar-refractivity contribution is -0.122. The molecule has 4 heteroatoms. The summed E-state index contributed by atoms with van der Waals surface area (Å²) in [4.78, 5) is 23.6. The Hall–Kier alpha value is -1.84. The number of ketones is 1. The molecule has 1 unspecified atom stereocenters. The molecule has 1 aromatic rings. The molecule has 1 amide bonds. The summed E-state index contributed by atoms with van der Waals surface area (Å²) in [5.41, 5.74) is 1.26. The van der Waals surface area contributed by atoms with E-state index in [9.17, 15) is 9.59 Å². The van der Waals surface area contributed by atoms with Crippen LogP contribution in [0.4, 0.5) is 5.69 Å². The Kier molecular flexibility index (Phi) is 2.58. The number of ether oxygens (including phenoxy) is 1. The minimum Gasteiger partial charge on any atom is -0.479 e. The maximum absolute atomic E-state index is 12.1. The number of rotatable bonds is 2. The Morgan fingerprint density at radius 2 is 2.17 bits per heavy atom. The topological polar surface area (TPSA) is 55.4 Å². The highest BCUT2D eigenvalue weighted by atomic mass is 16.5. The van der Waals surface area contributed by atoms with E-state index < -0.39 is 6.10 Å². The third-order valence-corrected chi connectivity index (χ3v) is 3.67. The van der Waals surface area contributed by atoms with Gasteiger partial charge in [0, 0.05) is 11.5 Å². The fourth-order valence-corrected chi connectivity index (χ4v) is 2.27. The van der Waals surface area contributed by atoms with Crippen LogP contribution in [-0.2, 0) is 4.79 Å². The Morgan fingerprint density at radius 3 is 2.83 bits per heavy atom. The predicted molar refractivity (Wildman–Crippen MR) is 66.8 cm³/mol. The Labute approximate surface area is 105 Å². The Bertz CT molecular complexity index is 520. The second-order valence-electron chi connectivity index (χ2n) is 4.95. The van der Waals surface area contributed by atoms with Crippen molar-refractivity contribution in [2.45, 2.75) is 32.3 Å². The minimum absolute atomic E-state index is 0.169. The summed E-state index contributed by atoms with van der Waals surface area (Å²) in [5, 5.41) is 2.76. The fraction of sp³-hybridized carbons (Fsp3) is 0.429. The maximum Gasteiger partial charge on any atom is 0.265 e. The van der Waals surface area contributed by atoms with Crippen LogP contribution in [-0.4, -0.2) is 17.8 Å². The zero-order chi connectivity index (χ0) is 12.7. The Balaban J connectivity index is 1.88. The lowest BCUT2D eigenvalue weighted by Crippen LogP contribution is -2.34. The monoisotopic (exact) mass is 245 g/mol. The van der Waals surface area contributed by atoms with Crippen LogP contribution >= 0.6 is 0 Å². The fourth-order valence-electron chi connectivity index (χ4n) is 2.27. The maximum atomic E-state index is 12.1. The molecule has 1 atom stereocenters. The van der Waals surface area contributed by atoms with Gasteiger partial charge in [-0.25, -0.2) is 0 Å². The average Bonchev–Trinajstić information content (AvgIpc) is 2.27. The molecule has 0 aromatic heterocycles. The van der Waals surface area contributed by atoms with Crippen LogP contribution in [0.2, 0.25) is 0 Å². The second-order valence-corrected chi connectivity index (χ2v) is 4.95. The molecule has 4 nitrogen and oxygen atoms in total. The van der Waals surface area contributed by atoms with Gasteiger partial charge in [0.05, 0.1) is 5.69 Å². The van der Waals surface area contributed by atoms with Gasteiger partial charge in [0.1, 0.15) is 5.75 Å². The number of nitrogens with one attached hydrogen (secondary N) is 1. The third kappa shape index (κ3) is 1.78. The van der Waals surface area contributed by atoms with Gasteiger partial charge in [-0.05, 0) is 38.0 Å². The van der Waals surface area contributed by atoms with Gasteiger partial charge in [-0.2, -0.15) is 0 Å². The highest BCUT2D eigenvalue weighted by Crippen LogP contribution is 2.34. The lowest BCUT2D eigenvalue weighted by atomic mass is 9.80. The molecule has 0 radical (unpaired) electrons. The molecule has 0 spiro atoms. The molecule has 18 heavy (non-hydrogen) atoms. The molecule has 1 aliphatic carbocycles. The van der Waals surface area contributed by atoms with Gasteiger partial charge in [0.25, 0.3) is 5.91 Å². The van der Waals surface area contributed by atoms with E-state index in [1.807, 2.05) is 0 Å². The highest BCUT2D eigenvalue weighted by Gasteiger charge is 2.28. The molecule has 94 valence electrons. The van der Waals surface area contributed by atoms with Gasteiger partial charge in [-0.3, -0.25) is 9.59 Å². The van der Waals surface area contributed by atoms with Gasteiger partial charge >= 0.3 is 0 Å². The number of hydrogen-bond acceptors (Lipinski definition) is 3. The van der Waals surface area contributed by atoms with E-state index in [1.165, 1.54) is 0 Å². The molecular weight excluding hydrogens is 230 g/mol. The van der Waals surface area contributed by atoms with E-state index in [-0.39, 0.29) is 17.6 Å². The van der Waals surface area contributed by atoms with E-state index in [0.29, 0.717) is 17.0 Å². The van der Waals surface area contributed by atoms with Crippen molar-refractivity contribution in [3.8, 4) is 5.75 Å². The zero-order valence-electron chi connectivity index (χ0n) is 10.2. The largest absolute Gasteiger partial charge is 0.479 e. The number of amides is 1. The van der Waals surface area contributed by atoms with Crippen LogP contribution in [0.15, 0.2) is 18.2 Å². The van der Waals surface area contributed by atoms with Crippen molar-refractivity contribution < 1.29 is 14.3 Å². The molecular formula is C14H15NO3. The van der Waals surface area contributed by atoms with Gasteiger partial charge in [-0.1, -0.05) is 6.42 Å². The van der Waals surface area contributed by atoms with Crippen LogP contribution < -0.4 is 10.1 Å². The van der Waals surface area contributed by atoms with Crippen molar-refractivity contribution in [2.75, 3.05) is 5.32 Å². The molecule has 1 fully saturated rings. The van der Waals surface area contributed by atoms with Crippen molar-refractivity contribution in [3.05, 3.63) is 23.8 Å². The number of carbonyl (C=O) groups is 2. The summed E-state index contributed by atoms with van der Waals surface area (Å²) in [7, 11) is 0. The number of hydrogen-bond donors (Lipinski definition) is 1. The number of Topliss-reactive ketones (excluding diaryl/α,β-unsaturated/α-hetero) is 1. The number of anilines is 1. The molecule has 3 rings (SSSR count). The summed E-state index contributed by atoms with van der Waals surface area (Å²) in [6, 6.07) is 5.26. The molecule has 1 aromatic carbocycles. The summed E-state index contributed by atoms with van der Waals surface area (Å²) >= 11 is 0. The SMILES string of the molecule is CC1Oc2ccc(C(=O)C3CCC3)cc2NC1=O. The summed E-state index contributed by atoms with van der Waals surface area (Å²) in [6.45, 7) is 1.70. The quantitative estimate of drug-likeness (QED) is 0.814. The van der Waals surface area contributed by atoms with Gasteiger partial charge in [-0.15, -0.1) is 0 Å². The Morgan fingerprint density at radius 1 is 1.39 bits per heavy atom. The first-order chi connectivity index (χ1) is 8.65. The second kappa shape index (κ2) is 4.12. The highest BCUT2D eigenvalue weighted by molar-refractivity contribution is 6.02. The van der Waals surface area contributed by atoms with Crippen molar-refractivity contribution in [1.29, 1.82) is 0 Å². The number of fused-ring (bicyclic) bond motifs is 1. The average molecular weight is 245 g/mol. The van der Waals surface area contributed by atoms with E-state index in [1.54, 1.807) is 25.1 Å². The summed E-state index contributed by atoms with van der Waals surface area (Å²) < 4.78 is 5.46. The van der Waals surface area contributed by atoms with Crippen LogP contribution in [0.5, 0.6) is 5.75 Å². The summed E-state index contributed by atoms with van der Waals surface area (Å²) in [5.74, 6) is 0.808. The molecule has 0 bridgehead atoms. The van der Waals surface area contributed by atoms with E-state index in [4.69, 9.17) is 4.74 Å². The molecule has 1 aliphatic heterocycles. The van der Waals surface area contributed by atoms with Crippen LogP contribution in [0.1, 0.15) is 36.5 Å². The normalized spacial score (nSPS) is 22.5. The van der Waals surface area contributed by atoms with Gasteiger partial charge in [0.15, 0.2) is 11.9 Å². The van der Waals surface area contributed by atoms with Crippen molar-refractivity contribution in [2.24, 2.45) is 5.92 Å². The van der Waals surface area contributed by atoms with Crippen LogP contribution in [0.25, 0.3) is 0 Å². The van der Waals surface area contributed by atoms with Crippen molar-refractivity contribution in [1.82, 2.24) is 0 Å². The molecule has 0 saturated heterocycles. The van der Waals surface area contributed by atoms with Crippen LogP contribution in [0, 0.1) is 5.92 Å². The van der Waals surface area contributed by atoms with Crippen molar-refractivity contribution in [3.63, 3.8) is 0 Å². The molecule has 1 heterocycles. The smallest absolute Gasteiger partial charge is 0.265 e. The summed E-state index contributed by atoms with van der Waals surface area (Å²) in [6.07, 6.45) is 2.62. The first-order valence-electron chi connectivity index (χ1n) is 6.31. The first kappa shape index (κ1) is 11.3. The number of benzene rings is 1. The molecule has 1 N–H and O–H groups in total. The van der Waals surface area contributed by atoms with Crippen molar-refractivity contribution >= 4 is 17.4 Å². The van der Waals surface area contributed by atoms with Gasteiger partial charge in [0.2, 0.25) is 0 Å². The minimum atomic E-state index is -0.481. The molecule has 2 aliphatic rings. The predicted octanol–water partition coefficient (Wildman–Crippen LogP) is 2.39. The van der Waals surface area contributed by atoms with Crippen LogP contribution in [0.3, 0.4) is 0 Å². The third-order valence-electron chi connectivity index (χ3n) is 3.67. The van der Waals surface area contributed by atoms with E-state index >= 15 is 0 Å². The standard InChI is InChI=1S/C14H15NO3/c1-8-14(17)15-11-7-10(5-6-12(11)18-8)13(16)9-3-2-4-9/h5-9H,2-4H2,1H3,(H,15,17). The van der Waals surface area contributed by atoms with Gasteiger partial charge < -0.3 is 10.1 Å². The number of carbonyl (C=O) groups excluding carboxylic acids is 2. The van der Waals surface area contributed by atoms with E-state index in [2.05, 4.69) is 5.32 Å². The lowest BCUT2D eigenvalue weighted by Gasteiger charge is -2.26. The zero-order valence-corrected chi connectivity index (χ0v) is 10.2.